The summed E-state index contributed by atoms with van der Waals surface area (Å²) in [5.74, 6) is -1.87. The molecule has 5 amide bonds. The number of ether oxygens (including phenoxy) is 2. The molecule has 402 valence electrons. The second-order valence-corrected chi connectivity index (χ2v) is 21.3. The van der Waals surface area contributed by atoms with E-state index in [1.807, 2.05) is 41.8 Å². The summed E-state index contributed by atoms with van der Waals surface area (Å²) in [6.07, 6.45) is 8.44. The molecular weight excluding hydrogens is 998 g/mol. The van der Waals surface area contributed by atoms with E-state index in [2.05, 4.69) is 46.3 Å². The third-order valence-corrected chi connectivity index (χ3v) is 14.7. The van der Waals surface area contributed by atoms with E-state index in [1.165, 1.54) is 11.0 Å². The highest BCUT2D eigenvalue weighted by atomic mass is 32.1. The van der Waals surface area contributed by atoms with Crippen molar-refractivity contribution < 1.29 is 42.9 Å². The van der Waals surface area contributed by atoms with E-state index in [9.17, 15) is 29.1 Å². The SMILES string of the molecule is Cc1ncsc1-c1ccc(CNC(=O)[C@@H]2C[C@@H](O)CN2C(=O)[C@@H](NC(=O)COCCOCC(=O)NCCN2CCN(C(=O)c3ccc(Nc4nc(C5CC5)cn5c(-c6cn[nH]c6)cnc45)c(F)c3)CC2)C(C)(C)C)cc1. The van der Waals surface area contributed by atoms with Gasteiger partial charge in [-0.2, -0.15) is 5.10 Å². The van der Waals surface area contributed by atoms with Crippen LogP contribution < -0.4 is 21.3 Å². The monoisotopic (exact) mass is 1060 g/mol. The van der Waals surface area contributed by atoms with Crippen molar-refractivity contribution in [2.45, 2.75) is 77.6 Å². The number of rotatable bonds is 21. The van der Waals surface area contributed by atoms with Gasteiger partial charge in [0.2, 0.25) is 23.6 Å². The average Bonchev–Trinajstić information content (AvgIpc) is 3.72. The molecule has 2 aromatic carbocycles. The molecule has 76 heavy (non-hydrogen) atoms. The van der Waals surface area contributed by atoms with E-state index in [0.29, 0.717) is 56.7 Å². The summed E-state index contributed by atoms with van der Waals surface area (Å²) < 4.78 is 28.5. The number of aryl methyl sites for hydroxylation is 1. The number of imidazole rings is 1. The van der Waals surface area contributed by atoms with E-state index < -0.39 is 47.1 Å². The normalized spacial score (nSPS) is 17.4. The summed E-state index contributed by atoms with van der Waals surface area (Å²) in [7, 11) is 0. The molecule has 6 aromatic rings. The van der Waals surface area contributed by atoms with Crippen molar-refractivity contribution in [2.24, 2.45) is 5.41 Å². The molecule has 6 N–H and O–H groups in total. The van der Waals surface area contributed by atoms with Crippen LogP contribution in [0.25, 0.3) is 27.3 Å². The lowest BCUT2D eigenvalue weighted by Gasteiger charge is -2.35. The van der Waals surface area contributed by atoms with Crippen molar-refractivity contribution in [1.82, 2.24) is 60.2 Å². The summed E-state index contributed by atoms with van der Waals surface area (Å²) >= 11 is 1.56. The van der Waals surface area contributed by atoms with E-state index in [-0.39, 0.29) is 69.0 Å². The van der Waals surface area contributed by atoms with Crippen LogP contribution in [0.15, 0.2) is 72.8 Å². The first kappa shape index (κ1) is 53.6. The van der Waals surface area contributed by atoms with Gasteiger partial charge in [-0.15, -0.1) is 11.3 Å². The Morgan fingerprint density at radius 3 is 2.36 bits per heavy atom. The Kier molecular flexibility index (Phi) is 16.8. The minimum absolute atomic E-state index is 0.00980. The Labute approximate surface area is 443 Å². The second-order valence-electron chi connectivity index (χ2n) is 20.5. The lowest BCUT2D eigenvalue weighted by atomic mass is 9.85. The van der Waals surface area contributed by atoms with Crippen molar-refractivity contribution in [2.75, 3.05) is 77.6 Å². The highest BCUT2D eigenvalue weighted by Crippen LogP contribution is 2.41. The molecule has 3 aliphatic rings. The summed E-state index contributed by atoms with van der Waals surface area (Å²) in [5.41, 5.74) is 7.45. The zero-order chi connectivity index (χ0) is 53.5. The number of piperazine rings is 1. The number of carbonyl (C=O) groups is 5. The zero-order valence-electron chi connectivity index (χ0n) is 43.0. The van der Waals surface area contributed by atoms with E-state index in [0.717, 1.165) is 51.5 Å². The first-order valence-electron chi connectivity index (χ1n) is 25.5. The third kappa shape index (κ3) is 13.1. The van der Waals surface area contributed by atoms with Gasteiger partial charge < -0.3 is 45.6 Å². The minimum Gasteiger partial charge on any atom is -0.391 e. The molecule has 21 nitrogen and oxygen atoms in total. The Hall–Kier alpha value is -7.18. The Bertz CT molecular complexity index is 3020. The number of amides is 5. The van der Waals surface area contributed by atoms with Crippen LogP contribution in [0.1, 0.15) is 73.3 Å². The summed E-state index contributed by atoms with van der Waals surface area (Å²) in [5, 5.41) is 29.1. The number of carbonyl (C=O) groups excluding carboxylic acids is 5. The molecule has 3 fully saturated rings. The number of anilines is 2. The van der Waals surface area contributed by atoms with Crippen molar-refractivity contribution in [3.05, 3.63) is 101 Å². The molecule has 3 atom stereocenters. The highest BCUT2D eigenvalue weighted by molar-refractivity contribution is 7.13. The number of β-amino-alcohol motifs (C(OH)–C–C–N with tert-alkyl or cyclic N) is 1. The van der Waals surface area contributed by atoms with Gasteiger partial charge in [-0.25, -0.2) is 19.3 Å². The van der Waals surface area contributed by atoms with Crippen LogP contribution >= 0.6 is 11.3 Å². The maximum absolute atomic E-state index is 15.6. The van der Waals surface area contributed by atoms with Crippen LogP contribution in [0.2, 0.25) is 0 Å². The van der Waals surface area contributed by atoms with Gasteiger partial charge in [0.15, 0.2) is 11.5 Å². The molecule has 4 aromatic heterocycles. The number of aliphatic hydroxyl groups is 1. The maximum atomic E-state index is 15.6. The molecule has 23 heteroatoms. The Balaban J connectivity index is 0.648. The number of nitrogens with zero attached hydrogens (tertiary/aromatic N) is 8. The first-order valence-corrected chi connectivity index (χ1v) is 26.4. The third-order valence-electron chi connectivity index (χ3n) is 13.7. The van der Waals surface area contributed by atoms with Gasteiger partial charge >= 0.3 is 0 Å². The number of thiazole rings is 1. The quantitative estimate of drug-likeness (QED) is 0.0557. The number of H-pyrrole nitrogens is 1. The van der Waals surface area contributed by atoms with E-state index in [1.54, 1.807) is 73.2 Å². The molecule has 2 saturated heterocycles. The van der Waals surface area contributed by atoms with Crippen molar-refractivity contribution in [3.63, 3.8) is 0 Å². The summed E-state index contributed by atoms with van der Waals surface area (Å²) in [4.78, 5) is 86.4. The number of hydrogen-bond acceptors (Lipinski definition) is 15. The number of aliphatic hydroxyl groups excluding tert-OH is 1. The van der Waals surface area contributed by atoms with E-state index in [4.69, 9.17) is 14.5 Å². The average molecular weight is 1060 g/mol. The molecule has 1 aliphatic carbocycles. The Morgan fingerprint density at radius 2 is 1.68 bits per heavy atom. The number of likely N-dealkylation sites (tertiary alicyclic amines) is 1. The molecule has 9 rings (SSSR count). The standard InChI is InChI=1S/C53H64FN13O8S/c1-32-46(76-31-58-32)35-7-5-33(6-8-35)23-57-50(71)42-22-38(68)27-67(42)52(73)47(53(2,3)4)63-45(70)30-75-20-19-74-29-44(69)55-13-14-64-15-17-65(18-16-64)51(72)36-11-12-40(39(54)21-36)61-48-49-56-26-43(37-24-59-60-25-37)66(49)28-41(62-48)34-9-10-34/h5-8,11-12,21,24-26,28,31,34,38,42,47,68H,9-10,13-20,22-23,27,29-30H2,1-4H3,(H,55,69)(H,57,71)(H,59,60)(H,61,62)(H,63,70)/t38-,42+,47-/m1/s1. The molecule has 0 spiro atoms. The topological polar surface area (TPSA) is 254 Å². The van der Waals surface area contributed by atoms with Crippen LogP contribution in [-0.2, 0) is 35.2 Å². The largest absolute Gasteiger partial charge is 0.391 e. The predicted octanol–water partition coefficient (Wildman–Crippen LogP) is 4.03. The predicted molar refractivity (Wildman–Crippen MR) is 281 cm³/mol. The van der Waals surface area contributed by atoms with Crippen molar-refractivity contribution in [1.29, 1.82) is 0 Å². The maximum Gasteiger partial charge on any atom is 0.254 e. The number of halogens is 1. The fraction of sp³-hybridized carbons (Fsp3) is 0.453. The van der Waals surface area contributed by atoms with Crippen molar-refractivity contribution >= 4 is 58.0 Å². The van der Waals surface area contributed by atoms with E-state index >= 15 is 4.39 Å². The van der Waals surface area contributed by atoms with Gasteiger partial charge in [0.05, 0.1) is 64.9 Å². The number of aromatic nitrogens is 6. The van der Waals surface area contributed by atoms with Gasteiger partial charge in [0, 0.05) is 88.2 Å². The number of nitrogens with one attached hydrogen (secondary N) is 5. The molecule has 0 radical (unpaired) electrons. The molecule has 6 heterocycles. The molecule has 2 aliphatic heterocycles. The lowest BCUT2D eigenvalue weighted by Crippen LogP contribution is -2.58. The second kappa shape index (κ2) is 23.8. The number of hydrogen-bond donors (Lipinski definition) is 6. The first-order chi connectivity index (χ1) is 36.6. The van der Waals surface area contributed by atoms with Crippen molar-refractivity contribution in [3.8, 4) is 21.7 Å². The van der Waals surface area contributed by atoms with Gasteiger partial charge in [-0.1, -0.05) is 45.0 Å². The summed E-state index contributed by atoms with van der Waals surface area (Å²) in [6, 6.07) is 10.3. The lowest BCUT2D eigenvalue weighted by molar-refractivity contribution is -0.144. The van der Waals surface area contributed by atoms with Gasteiger partial charge in [-0.3, -0.25) is 38.4 Å². The summed E-state index contributed by atoms with van der Waals surface area (Å²) in [6.45, 7) is 9.92. The van der Waals surface area contributed by atoms with Gasteiger partial charge in [0.1, 0.15) is 31.1 Å². The zero-order valence-corrected chi connectivity index (χ0v) is 43.8. The molecule has 1 saturated carbocycles. The molecule has 0 bridgehead atoms. The van der Waals surface area contributed by atoms with Crippen LogP contribution in [0.3, 0.4) is 0 Å². The van der Waals surface area contributed by atoms with Crippen LogP contribution in [-0.4, -0.2) is 169 Å². The smallest absolute Gasteiger partial charge is 0.254 e. The van der Waals surface area contributed by atoms with Crippen LogP contribution in [0.4, 0.5) is 15.9 Å². The molecular formula is C53H64FN13O8S. The van der Waals surface area contributed by atoms with Crippen LogP contribution in [0, 0.1) is 18.2 Å². The van der Waals surface area contributed by atoms with Gasteiger partial charge in [0.25, 0.3) is 5.91 Å². The fourth-order valence-corrected chi connectivity index (χ4v) is 10.2. The fourth-order valence-electron chi connectivity index (χ4n) is 9.34. The molecule has 0 unspecified atom stereocenters. The number of fused-ring (bicyclic) bond motifs is 1. The highest BCUT2D eigenvalue weighted by Gasteiger charge is 2.44. The Morgan fingerprint density at radius 1 is 0.934 bits per heavy atom. The van der Waals surface area contributed by atoms with Crippen LogP contribution in [0.5, 0.6) is 0 Å². The van der Waals surface area contributed by atoms with Gasteiger partial charge in [-0.05, 0) is 54.5 Å². The number of benzene rings is 2. The number of aromatic amines is 1. The minimum atomic E-state index is -1.02.